The van der Waals surface area contributed by atoms with Crippen LogP contribution in [0.15, 0.2) is 0 Å². The smallest absolute Gasteiger partial charge is 0.0741 e. The van der Waals surface area contributed by atoms with Crippen molar-refractivity contribution in [3.8, 4) is 0 Å². The Kier molecular flexibility index (Phi) is 3.06. The lowest BCUT2D eigenvalue weighted by molar-refractivity contribution is 0.0131. The van der Waals surface area contributed by atoms with Gasteiger partial charge in [0.25, 0.3) is 0 Å². The topological polar surface area (TPSA) is 35.5 Å². The highest BCUT2D eigenvalue weighted by atomic mass is 16.3. The molecule has 88 valence electrons. The summed E-state index contributed by atoms with van der Waals surface area (Å²) in [7, 11) is 0. The zero-order valence-corrected chi connectivity index (χ0v) is 10.2. The Morgan fingerprint density at radius 3 is 2.33 bits per heavy atom. The van der Waals surface area contributed by atoms with Gasteiger partial charge in [0.1, 0.15) is 0 Å². The van der Waals surface area contributed by atoms with E-state index in [4.69, 9.17) is 0 Å². The number of nitrogens with one attached hydrogen (secondary N) is 1. The predicted molar refractivity (Wildman–Crippen MR) is 61.8 cm³/mol. The Hall–Kier alpha value is -0.120. The fourth-order valence-corrected chi connectivity index (χ4v) is 2.68. The molecule has 2 unspecified atom stereocenters. The number of nitrogens with zero attached hydrogens (tertiary/aromatic N) is 1. The van der Waals surface area contributed by atoms with E-state index >= 15 is 0 Å². The molecule has 0 aromatic heterocycles. The maximum absolute atomic E-state index is 9.91. The molecule has 0 saturated carbocycles. The monoisotopic (exact) mass is 212 g/mol. The van der Waals surface area contributed by atoms with Crippen molar-refractivity contribution in [2.24, 2.45) is 5.92 Å². The molecule has 2 bridgehead atoms. The summed E-state index contributed by atoms with van der Waals surface area (Å²) in [5.41, 5.74) is -0.619. The summed E-state index contributed by atoms with van der Waals surface area (Å²) in [4.78, 5) is 2.54. The molecule has 15 heavy (non-hydrogen) atoms. The first-order valence-corrected chi connectivity index (χ1v) is 6.17. The molecule has 3 fully saturated rings. The van der Waals surface area contributed by atoms with E-state index in [1.165, 1.54) is 32.5 Å². The SMILES string of the molecule is CC(NC1CN2CCC1CC2)C(C)(C)O. The van der Waals surface area contributed by atoms with E-state index in [9.17, 15) is 5.11 Å². The maximum atomic E-state index is 9.91. The summed E-state index contributed by atoms with van der Waals surface area (Å²) in [6.07, 6.45) is 2.66. The molecular weight excluding hydrogens is 188 g/mol. The normalized spacial score (nSPS) is 38.0. The van der Waals surface area contributed by atoms with Crippen molar-refractivity contribution < 1.29 is 5.11 Å². The standard InChI is InChI=1S/C12H24N2O/c1-9(12(2,3)15)13-11-8-14-6-4-10(11)5-7-14/h9-11,13,15H,4-8H2,1-3H3. The highest BCUT2D eigenvalue weighted by Crippen LogP contribution is 2.28. The van der Waals surface area contributed by atoms with E-state index in [0.717, 1.165) is 5.92 Å². The van der Waals surface area contributed by atoms with Crippen molar-refractivity contribution >= 4 is 0 Å². The second-order valence-electron chi connectivity index (χ2n) is 5.79. The molecule has 3 aliphatic heterocycles. The van der Waals surface area contributed by atoms with Gasteiger partial charge in [0.2, 0.25) is 0 Å². The fourth-order valence-electron chi connectivity index (χ4n) is 2.68. The number of hydrogen-bond acceptors (Lipinski definition) is 3. The molecule has 0 spiro atoms. The molecular formula is C12H24N2O. The van der Waals surface area contributed by atoms with Crippen LogP contribution in [0.5, 0.6) is 0 Å². The van der Waals surface area contributed by atoms with E-state index in [2.05, 4.69) is 17.1 Å². The summed E-state index contributed by atoms with van der Waals surface area (Å²) >= 11 is 0. The minimum Gasteiger partial charge on any atom is -0.389 e. The van der Waals surface area contributed by atoms with Crippen molar-refractivity contribution in [1.82, 2.24) is 10.2 Å². The van der Waals surface area contributed by atoms with Crippen LogP contribution in [-0.2, 0) is 0 Å². The van der Waals surface area contributed by atoms with E-state index < -0.39 is 5.60 Å². The fraction of sp³-hybridized carbons (Fsp3) is 1.00. The van der Waals surface area contributed by atoms with Gasteiger partial charge >= 0.3 is 0 Å². The lowest BCUT2D eigenvalue weighted by Crippen LogP contribution is -2.60. The zero-order chi connectivity index (χ0) is 11.1. The van der Waals surface area contributed by atoms with E-state index in [-0.39, 0.29) is 6.04 Å². The van der Waals surface area contributed by atoms with Crippen LogP contribution in [0.1, 0.15) is 33.6 Å². The first-order chi connectivity index (χ1) is 6.97. The minimum absolute atomic E-state index is 0.169. The summed E-state index contributed by atoms with van der Waals surface area (Å²) in [6, 6.07) is 0.761. The molecule has 0 aliphatic carbocycles. The number of piperidine rings is 3. The largest absolute Gasteiger partial charge is 0.389 e. The summed E-state index contributed by atoms with van der Waals surface area (Å²) in [5.74, 6) is 0.833. The average Bonchev–Trinajstić information content (AvgIpc) is 2.18. The molecule has 2 N–H and O–H groups in total. The Morgan fingerprint density at radius 1 is 1.33 bits per heavy atom. The van der Waals surface area contributed by atoms with Gasteiger partial charge in [-0.25, -0.2) is 0 Å². The molecule has 0 amide bonds. The number of rotatable bonds is 3. The Balaban J connectivity index is 1.90. The third-order valence-corrected chi connectivity index (χ3v) is 4.18. The number of aliphatic hydroxyl groups is 1. The second kappa shape index (κ2) is 4.04. The van der Waals surface area contributed by atoms with Crippen molar-refractivity contribution in [3.05, 3.63) is 0 Å². The molecule has 3 rings (SSSR count). The molecule has 0 aromatic carbocycles. The quantitative estimate of drug-likeness (QED) is 0.727. The zero-order valence-electron chi connectivity index (χ0n) is 10.2. The molecule has 3 heterocycles. The van der Waals surface area contributed by atoms with Crippen molar-refractivity contribution in [1.29, 1.82) is 0 Å². The lowest BCUT2D eigenvalue weighted by Gasteiger charge is -2.47. The van der Waals surface area contributed by atoms with Gasteiger partial charge in [0.15, 0.2) is 0 Å². The van der Waals surface area contributed by atoms with E-state index in [1.54, 1.807) is 0 Å². The highest BCUT2D eigenvalue weighted by Gasteiger charge is 2.36. The van der Waals surface area contributed by atoms with Gasteiger partial charge in [-0.05, 0) is 52.6 Å². The first-order valence-electron chi connectivity index (χ1n) is 6.17. The van der Waals surface area contributed by atoms with Crippen LogP contribution >= 0.6 is 0 Å². The molecule has 2 atom stereocenters. The number of fused-ring (bicyclic) bond motifs is 3. The maximum Gasteiger partial charge on any atom is 0.0741 e. The summed E-state index contributed by atoms with van der Waals surface area (Å²) in [6.45, 7) is 9.57. The van der Waals surface area contributed by atoms with Crippen LogP contribution in [0.25, 0.3) is 0 Å². The van der Waals surface area contributed by atoms with Gasteiger partial charge in [-0.15, -0.1) is 0 Å². The molecule has 3 saturated heterocycles. The van der Waals surface area contributed by atoms with Crippen LogP contribution in [0.2, 0.25) is 0 Å². The molecule has 3 aliphatic rings. The number of hydrogen-bond donors (Lipinski definition) is 2. The van der Waals surface area contributed by atoms with Gasteiger partial charge in [-0.2, -0.15) is 0 Å². The first kappa shape index (κ1) is 11.4. The summed E-state index contributed by atoms with van der Waals surface area (Å²) < 4.78 is 0. The summed E-state index contributed by atoms with van der Waals surface area (Å²) in [5, 5.41) is 13.5. The van der Waals surface area contributed by atoms with Crippen molar-refractivity contribution in [3.63, 3.8) is 0 Å². The molecule has 3 nitrogen and oxygen atoms in total. The van der Waals surface area contributed by atoms with Gasteiger partial charge in [-0.3, -0.25) is 0 Å². The lowest BCUT2D eigenvalue weighted by atomic mass is 9.83. The average molecular weight is 212 g/mol. The van der Waals surface area contributed by atoms with Crippen LogP contribution < -0.4 is 5.32 Å². The molecule has 3 heteroatoms. The van der Waals surface area contributed by atoms with E-state index in [0.29, 0.717) is 6.04 Å². The highest BCUT2D eigenvalue weighted by molar-refractivity contribution is 4.94. The molecule has 0 radical (unpaired) electrons. The van der Waals surface area contributed by atoms with Crippen LogP contribution in [0.3, 0.4) is 0 Å². The van der Waals surface area contributed by atoms with E-state index in [1.807, 2.05) is 13.8 Å². The van der Waals surface area contributed by atoms with Gasteiger partial charge in [0.05, 0.1) is 5.60 Å². The van der Waals surface area contributed by atoms with Crippen LogP contribution in [0, 0.1) is 5.92 Å². The third-order valence-electron chi connectivity index (χ3n) is 4.18. The van der Waals surface area contributed by atoms with Crippen molar-refractivity contribution in [2.45, 2.75) is 51.3 Å². The second-order valence-corrected chi connectivity index (χ2v) is 5.79. The Morgan fingerprint density at radius 2 is 1.93 bits per heavy atom. The van der Waals surface area contributed by atoms with Gasteiger partial charge in [0, 0.05) is 18.6 Å². The minimum atomic E-state index is -0.619. The predicted octanol–water partition coefficient (Wildman–Crippen LogP) is 0.830. The Bertz CT molecular complexity index is 216. The van der Waals surface area contributed by atoms with Crippen LogP contribution in [0.4, 0.5) is 0 Å². The third kappa shape index (κ3) is 2.52. The molecule has 0 aromatic rings. The Labute approximate surface area is 92.8 Å². The van der Waals surface area contributed by atoms with Crippen LogP contribution in [-0.4, -0.2) is 47.3 Å². The van der Waals surface area contributed by atoms with Gasteiger partial charge in [-0.1, -0.05) is 0 Å². The van der Waals surface area contributed by atoms with Gasteiger partial charge < -0.3 is 15.3 Å². The van der Waals surface area contributed by atoms with Crippen molar-refractivity contribution in [2.75, 3.05) is 19.6 Å².